The number of carbonyl (C=O) groups excluding carboxylic acids is 2. The van der Waals surface area contributed by atoms with Crippen LogP contribution in [0.4, 0.5) is 0 Å². The van der Waals surface area contributed by atoms with Gasteiger partial charge < -0.3 is 19.7 Å². The summed E-state index contributed by atoms with van der Waals surface area (Å²) in [6, 6.07) is 15.2. The zero-order valence-electron chi connectivity index (χ0n) is 17.0. The minimum atomic E-state index is -0.142. The summed E-state index contributed by atoms with van der Waals surface area (Å²) in [5.74, 6) is 0.667. The van der Waals surface area contributed by atoms with E-state index in [9.17, 15) is 9.59 Å². The Balaban J connectivity index is 1.40. The lowest BCUT2D eigenvalue weighted by Crippen LogP contribution is -2.45. The Bertz CT molecular complexity index is 881. The van der Waals surface area contributed by atoms with Crippen molar-refractivity contribution in [2.24, 2.45) is 0 Å². The largest absolute Gasteiger partial charge is 0.491 e. The molecule has 0 radical (unpaired) electrons. The van der Waals surface area contributed by atoms with Gasteiger partial charge in [-0.3, -0.25) is 14.5 Å². The second-order valence-corrected chi connectivity index (χ2v) is 7.54. The highest BCUT2D eigenvalue weighted by molar-refractivity contribution is 5.94. The summed E-state index contributed by atoms with van der Waals surface area (Å²) in [5.41, 5.74) is 2.47. The molecule has 0 aromatic heterocycles. The molecule has 1 saturated heterocycles. The number of hydrogen-bond acceptors (Lipinski definition) is 5. The second kappa shape index (κ2) is 9.73. The smallest absolute Gasteiger partial charge is 0.251 e. The molecule has 0 spiro atoms. The molecule has 2 aliphatic rings. The van der Waals surface area contributed by atoms with E-state index >= 15 is 0 Å². The molecule has 2 aromatic carbocycles. The van der Waals surface area contributed by atoms with Crippen LogP contribution < -0.4 is 10.1 Å². The summed E-state index contributed by atoms with van der Waals surface area (Å²) < 4.78 is 11.2. The van der Waals surface area contributed by atoms with Gasteiger partial charge in [0.05, 0.1) is 26.3 Å². The summed E-state index contributed by atoms with van der Waals surface area (Å²) in [5, 5.41) is 2.95. The first kappa shape index (κ1) is 20.4. The van der Waals surface area contributed by atoms with Crippen molar-refractivity contribution in [2.75, 3.05) is 46.0 Å². The van der Waals surface area contributed by atoms with Crippen molar-refractivity contribution in [2.45, 2.75) is 13.1 Å². The van der Waals surface area contributed by atoms with Gasteiger partial charge in [-0.05, 0) is 23.8 Å². The van der Waals surface area contributed by atoms with Crippen molar-refractivity contribution in [1.82, 2.24) is 15.1 Å². The van der Waals surface area contributed by atoms with E-state index in [0.29, 0.717) is 51.6 Å². The molecule has 4 rings (SSSR count). The quantitative estimate of drug-likeness (QED) is 0.814. The average molecular weight is 409 g/mol. The van der Waals surface area contributed by atoms with Crippen LogP contribution in [0.3, 0.4) is 0 Å². The Hall–Kier alpha value is -2.90. The van der Waals surface area contributed by atoms with E-state index in [0.717, 1.165) is 30.0 Å². The van der Waals surface area contributed by atoms with Crippen LogP contribution in [-0.2, 0) is 22.6 Å². The molecule has 30 heavy (non-hydrogen) atoms. The van der Waals surface area contributed by atoms with Gasteiger partial charge in [-0.25, -0.2) is 0 Å². The zero-order chi connectivity index (χ0) is 20.8. The van der Waals surface area contributed by atoms with Crippen LogP contribution in [0.1, 0.15) is 21.5 Å². The highest BCUT2D eigenvalue weighted by Gasteiger charge is 2.23. The van der Waals surface area contributed by atoms with Crippen LogP contribution in [0.5, 0.6) is 5.75 Å². The van der Waals surface area contributed by atoms with Crippen LogP contribution in [0.25, 0.3) is 0 Å². The van der Waals surface area contributed by atoms with E-state index in [-0.39, 0.29) is 11.8 Å². The maximum atomic E-state index is 12.8. The first-order valence-electron chi connectivity index (χ1n) is 10.3. The maximum absolute atomic E-state index is 12.8. The molecule has 7 nitrogen and oxygen atoms in total. The summed E-state index contributed by atoms with van der Waals surface area (Å²) in [6.07, 6.45) is 0. The summed E-state index contributed by atoms with van der Waals surface area (Å²) in [6.45, 7) is 5.17. The molecule has 7 heteroatoms. The fraction of sp³-hybridized carbons (Fsp3) is 0.391. The van der Waals surface area contributed by atoms with E-state index in [1.807, 2.05) is 47.4 Å². The van der Waals surface area contributed by atoms with Gasteiger partial charge in [-0.1, -0.05) is 30.3 Å². The van der Waals surface area contributed by atoms with E-state index < -0.39 is 0 Å². The Morgan fingerprint density at radius 3 is 2.57 bits per heavy atom. The lowest BCUT2D eigenvalue weighted by Gasteiger charge is -2.28. The standard InChI is InChI=1S/C23H27N3O4/c27-22(17-25-8-11-29-12-9-25)26-10-13-30-21-7-6-19(14-20(21)16-26)23(28)24-15-18-4-2-1-3-5-18/h1-7,14H,8-13,15-17H2,(H,24,28). The number of morpholine rings is 1. The topological polar surface area (TPSA) is 71.1 Å². The second-order valence-electron chi connectivity index (χ2n) is 7.54. The molecule has 0 saturated carbocycles. The highest BCUT2D eigenvalue weighted by atomic mass is 16.5. The molecule has 0 bridgehead atoms. The summed E-state index contributed by atoms with van der Waals surface area (Å²) in [7, 11) is 0. The molecule has 2 heterocycles. The van der Waals surface area contributed by atoms with Crippen molar-refractivity contribution < 1.29 is 19.1 Å². The van der Waals surface area contributed by atoms with Gasteiger partial charge in [0.15, 0.2) is 0 Å². The molecule has 2 aliphatic heterocycles. The Morgan fingerprint density at radius 2 is 1.77 bits per heavy atom. The van der Waals surface area contributed by atoms with Gasteiger partial charge in [0, 0.05) is 37.3 Å². The van der Waals surface area contributed by atoms with E-state index in [4.69, 9.17) is 9.47 Å². The van der Waals surface area contributed by atoms with Crippen molar-refractivity contribution in [3.63, 3.8) is 0 Å². The number of nitrogens with zero attached hydrogens (tertiary/aromatic N) is 2. The average Bonchev–Trinajstić information content (AvgIpc) is 3.01. The fourth-order valence-corrected chi connectivity index (χ4v) is 3.68. The normalized spacial score (nSPS) is 16.9. The van der Waals surface area contributed by atoms with E-state index in [1.54, 1.807) is 6.07 Å². The van der Waals surface area contributed by atoms with Crippen molar-refractivity contribution in [3.8, 4) is 5.75 Å². The van der Waals surface area contributed by atoms with Crippen molar-refractivity contribution >= 4 is 11.8 Å². The molecule has 2 aromatic rings. The third kappa shape index (κ3) is 5.17. The minimum Gasteiger partial charge on any atom is -0.491 e. The first-order valence-corrected chi connectivity index (χ1v) is 10.3. The van der Waals surface area contributed by atoms with Crippen LogP contribution in [-0.4, -0.2) is 67.6 Å². The van der Waals surface area contributed by atoms with Gasteiger partial charge in [0.1, 0.15) is 12.4 Å². The predicted octanol–water partition coefficient (Wildman–Crippen LogP) is 1.67. The van der Waals surface area contributed by atoms with Gasteiger partial charge in [-0.2, -0.15) is 0 Å². The molecular weight excluding hydrogens is 382 g/mol. The number of hydrogen-bond donors (Lipinski definition) is 1. The Kier molecular flexibility index (Phi) is 6.61. The molecule has 1 N–H and O–H groups in total. The molecule has 0 aliphatic carbocycles. The van der Waals surface area contributed by atoms with Gasteiger partial charge in [-0.15, -0.1) is 0 Å². The molecule has 1 fully saturated rings. The van der Waals surface area contributed by atoms with Gasteiger partial charge >= 0.3 is 0 Å². The molecule has 0 atom stereocenters. The molecule has 2 amide bonds. The Labute approximate surface area is 176 Å². The number of benzene rings is 2. The molecule has 0 unspecified atom stereocenters. The molecular formula is C23H27N3O4. The highest BCUT2D eigenvalue weighted by Crippen LogP contribution is 2.24. The summed E-state index contributed by atoms with van der Waals surface area (Å²) >= 11 is 0. The number of rotatable bonds is 5. The van der Waals surface area contributed by atoms with Crippen LogP contribution in [0, 0.1) is 0 Å². The monoisotopic (exact) mass is 409 g/mol. The molecule has 158 valence electrons. The van der Waals surface area contributed by atoms with E-state index in [1.165, 1.54) is 0 Å². The van der Waals surface area contributed by atoms with Crippen molar-refractivity contribution in [1.29, 1.82) is 0 Å². The number of amides is 2. The van der Waals surface area contributed by atoms with Crippen molar-refractivity contribution in [3.05, 3.63) is 65.2 Å². The lowest BCUT2D eigenvalue weighted by molar-refractivity contribution is -0.134. The fourth-order valence-electron chi connectivity index (χ4n) is 3.68. The van der Waals surface area contributed by atoms with E-state index in [2.05, 4.69) is 10.2 Å². The Morgan fingerprint density at radius 1 is 0.967 bits per heavy atom. The SMILES string of the molecule is O=C(NCc1ccccc1)c1ccc2c(c1)CN(C(=O)CN1CCOCC1)CCO2. The third-order valence-electron chi connectivity index (χ3n) is 5.41. The zero-order valence-corrected chi connectivity index (χ0v) is 17.0. The number of fused-ring (bicyclic) bond motifs is 1. The summed E-state index contributed by atoms with van der Waals surface area (Å²) in [4.78, 5) is 29.4. The van der Waals surface area contributed by atoms with Crippen LogP contribution in [0.15, 0.2) is 48.5 Å². The predicted molar refractivity (Wildman–Crippen MR) is 112 cm³/mol. The maximum Gasteiger partial charge on any atom is 0.251 e. The number of carbonyl (C=O) groups is 2. The lowest BCUT2D eigenvalue weighted by atomic mass is 10.1. The third-order valence-corrected chi connectivity index (χ3v) is 5.41. The van der Waals surface area contributed by atoms with Crippen LogP contribution >= 0.6 is 0 Å². The number of ether oxygens (including phenoxy) is 2. The van der Waals surface area contributed by atoms with Crippen LogP contribution in [0.2, 0.25) is 0 Å². The van der Waals surface area contributed by atoms with Gasteiger partial charge in [0.2, 0.25) is 5.91 Å². The first-order chi connectivity index (χ1) is 14.7. The minimum absolute atomic E-state index is 0.0762. The number of nitrogens with one attached hydrogen (secondary N) is 1. The van der Waals surface area contributed by atoms with Gasteiger partial charge in [0.25, 0.3) is 5.91 Å².